The van der Waals surface area contributed by atoms with Crippen LogP contribution in [-0.2, 0) is 0 Å². The summed E-state index contributed by atoms with van der Waals surface area (Å²) in [5, 5.41) is 0.542. The van der Waals surface area contributed by atoms with E-state index in [1.54, 1.807) is 0 Å². The predicted octanol–water partition coefficient (Wildman–Crippen LogP) is 1.04. The Balaban J connectivity index is 0.000000640. The Hall–Kier alpha value is -0.480. The molecule has 0 aliphatic rings. The van der Waals surface area contributed by atoms with E-state index >= 15 is 0 Å². The molecule has 0 saturated heterocycles. The zero-order chi connectivity index (χ0) is 6.15. The monoisotopic (exact) mass is 165 g/mol. The number of thiazole rings is 1. The Morgan fingerprint density at radius 2 is 2.00 bits per heavy atom. The van der Waals surface area contributed by atoms with E-state index in [1.165, 1.54) is 11.3 Å². The van der Waals surface area contributed by atoms with Crippen LogP contribution in [0.2, 0.25) is 0 Å². The molecule has 0 aromatic carbocycles. The van der Waals surface area contributed by atoms with Gasteiger partial charge in [-0.25, -0.2) is 4.98 Å². The highest BCUT2D eigenvalue weighted by molar-refractivity contribution is 7.15. The molecule has 0 aliphatic heterocycles. The fourth-order valence-electron chi connectivity index (χ4n) is 0.429. The SMILES string of the molecule is Cc1sc(N)nc1N.Cl. The summed E-state index contributed by atoms with van der Waals surface area (Å²) in [5.74, 6) is 0.549. The van der Waals surface area contributed by atoms with E-state index in [2.05, 4.69) is 4.98 Å². The van der Waals surface area contributed by atoms with Crippen molar-refractivity contribution >= 4 is 34.7 Å². The highest BCUT2D eigenvalue weighted by Gasteiger charge is 1.97. The third kappa shape index (κ3) is 1.73. The highest BCUT2D eigenvalue weighted by atomic mass is 35.5. The number of rotatable bonds is 0. The Morgan fingerprint density at radius 1 is 1.44 bits per heavy atom. The lowest BCUT2D eigenvalue weighted by molar-refractivity contribution is 1.39. The molecule has 1 heterocycles. The van der Waals surface area contributed by atoms with Gasteiger partial charge in [0.1, 0.15) is 5.82 Å². The standard InChI is InChI=1S/C4H7N3S.ClH/c1-2-3(5)7-4(6)8-2;/h5H2,1H3,(H2,6,7);1H. The second kappa shape index (κ2) is 2.89. The quantitative estimate of drug-likeness (QED) is 0.604. The summed E-state index contributed by atoms with van der Waals surface area (Å²) in [6.45, 7) is 1.89. The number of aromatic nitrogens is 1. The van der Waals surface area contributed by atoms with Crippen molar-refractivity contribution in [2.75, 3.05) is 11.5 Å². The summed E-state index contributed by atoms with van der Waals surface area (Å²) in [6, 6.07) is 0. The molecule has 0 bridgehead atoms. The van der Waals surface area contributed by atoms with E-state index in [4.69, 9.17) is 11.5 Å². The van der Waals surface area contributed by atoms with Gasteiger partial charge in [-0.2, -0.15) is 0 Å². The first-order valence-electron chi connectivity index (χ1n) is 2.18. The van der Waals surface area contributed by atoms with Crippen LogP contribution in [0.1, 0.15) is 4.88 Å². The lowest BCUT2D eigenvalue weighted by Crippen LogP contribution is -1.87. The van der Waals surface area contributed by atoms with Crippen LogP contribution in [0.25, 0.3) is 0 Å². The molecule has 0 fully saturated rings. The molecular weight excluding hydrogens is 158 g/mol. The first-order chi connectivity index (χ1) is 3.70. The molecule has 0 atom stereocenters. The summed E-state index contributed by atoms with van der Waals surface area (Å²) < 4.78 is 0. The maximum Gasteiger partial charge on any atom is 0.182 e. The van der Waals surface area contributed by atoms with Crippen LogP contribution in [0.3, 0.4) is 0 Å². The average molecular weight is 166 g/mol. The maximum absolute atomic E-state index is 5.36. The Morgan fingerprint density at radius 3 is 2.11 bits per heavy atom. The van der Waals surface area contributed by atoms with Gasteiger partial charge in [0.2, 0.25) is 0 Å². The van der Waals surface area contributed by atoms with Crippen LogP contribution < -0.4 is 11.5 Å². The summed E-state index contributed by atoms with van der Waals surface area (Å²) in [5.41, 5.74) is 10.7. The van der Waals surface area contributed by atoms with Crippen LogP contribution in [0.5, 0.6) is 0 Å². The van der Waals surface area contributed by atoms with Crippen LogP contribution in [0.4, 0.5) is 10.9 Å². The third-order valence-electron chi connectivity index (χ3n) is 0.849. The Kier molecular flexibility index (Phi) is 2.73. The van der Waals surface area contributed by atoms with Gasteiger partial charge in [-0.05, 0) is 6.92 Å². The van der Waals surface area contributed by atoms with Crippen LogP contribution in [0.15, 0.2) is 0 Å². The minimum absolute atomic E-state index is 0. The van der Waals surface area contributed by atoms with Crippen molar-refractivity contribution in [3.63, 3.8) is 0 Å². The van der Waals surface area contributed by atoms with Gasteiger partial charge < -0.3 is 11.5 Å². The number of hydrogen-bond donors (Lipinski definition) is 2. The van der Waals surface area contributed by atoms with Gasteiger partial charge in [0.25, 0.3) is 0 Å². The van der Waals surface area contributed by atoms with E-state index in [1.807, 2.05) is 6.92 Å². The number of nitrogen functional groups attached to an aromatic ring is 2. The highest BCUT2D eigenvalue weighted by Crippen LogP contribution is 2.19. The van der Waals surface area contributed by atoms with E-state index < -0.39 is 0 Å². The summed E-state index contributed by atoms with van der Waals surface area (Å²) in [4.78, 5) is 4.77. The second-order valence-corrected chi connectivity index (χ2v) is 2.73. The minimum atomic E-state index is 0. The number of aryl methyl sites for hydroxylation is 1. The number of nitrogens with zero attached hydrogens (tertiary/aromatic N) is 1. The van der Waals surface area contributed by atoms with Gasteiger partial charge in [0.15, 0.2) is 5.13 Å². The van der Waals surface area contributed by atoms with Crippen molar-refractivity contribution in [1.29, 1.82) is 0 Å². The van der Waals surface area contributed by atoms with Crippen LogP contribution >= 0.6 is 23.7 Å². The molecule has 0 aliphatic carbocycles. The molecule has 1 rings (SSSR count). The number of hydrogen-bond acceptors (Lipinski definition) is 4. The van der Waals surface area contributed by atoms with Gasteiger partial charge in [0.05, 0.1) is 0 Å². The zero-order valence-corrected chi connectivity index (χ0v) is 6.55. The molecule has 5 heteroatoms. The van der Waals surface area contributed by atoms with E-state index in [-0.39, 0.29) is 12.4 Å². The summed E-state index contributed by atoms with van der Waals surface area (Å²) in [6.07, 6.45) is 0. The largest absolute Gasteiger partial charge is 0.383 e. The molecule has 0 spiro atoms. The molecule has 0 radical (unpaired) electrons. The molecule has 0 unspecified atom stereocenters. The molecule has 0 saturated carbocycles. The van der Waals surface area contributed by atoms with Crippen molar-refractivity contribution in [1.82, 2.24) is 4.98 Å². The number of nitrogens with two attached hydrogens (primary N) is 2. The van der Waals surface area contributed by atoms with Crippen molar-refractivity contribution < 1.29 is 0 Å². The average Bonchev–Trinajstić information content (AvgIpc) is 1.85. The van der Waals surface area contributed by atoms with Crippen LogP contribution in [-0.4, -0.2) is 4.98 Å². The van der Waals surface area contributed by atoms with Gasteiger partial charge in [-0.1, -0.05) is 0 Å². The Bertz CT molecular complexity index is 178. The van der Waals surface area contributed by atoms with Crippen LogP contribution in [0, 0.1) is 6.92 Å². The molecule has 4 N–H and O–H groups in total. The van der Waals surface area contributed by atoms with Crippen molar-refractivity contribution in [3.8, 4) is 0 Å². The first kappa shape index (κ1) is 8.52. The smallest absolute Gasteiger partial charge is 0.182 e. The lowest BCUT2D eigenvalue weighted by Gasteiger charge is -1.78. The summed E-state index contributed by atoms with van der Waals surface area (Å²) in [7, 11) is 0. The molecule has 3 nitrogen and oxygen atoms in total. The summed E-state index contributed by atoms with van der Waals surface area (Å²) >= 11 is 1.41. The fourth-order valence-corrected chi connectivity index (χ4v) is 1.04. The molecule has 1 aromatic rings. The van der Waals surface area contributed by atoms with Gasteiger partial charge in [-0.3, -0.25) is 0 Å². The van der Waals surface area contributed by atoms with E-state index in [0.29, 0.717) is 10.9 Å². The second-order valence-electron chi connectivity index (χ2n) is 1.49. The fraction of sp³-hybridized carbons (Fsp3) is 0.250. The topological polar surface area (TPSA) is 64.9 Å². The maximum atomic E-state index is 5.36. The van der Waals surface area contributed by atoms with Gasteiger partial charge in [-0.15, -0.1) is 23.7 Å². The Labute approximate surface area is 63.5 Å². The van der Waals surface area contributed by atoms with Gasteiger partial charge in [0, 0.05) is 4.88 Å². The van der Waals surface area contributed by atoms with Crippen molar-refractivity contribution in [3.05, 3.63) is 4.88 Å². The van der Waals surface area contributed by atoms with Gasteiger partial charge >= 0.3 is 0 Å². The number of anilines is 2. The molecule has 52 valence electrons. The van der Waals surface area contributed by atoms with Crippen molar-refractivity contribution in [2.24, 2.45) is 0 Å². The lowest BCUT2D eigenvalue weighted by atomic mass is 10.6. The molecular formula is C4H8ClN3S. The first-order valence-corrected chi connectivity index (χ1v) is 3.00. The van der Waals surface area contributed by atoms with Crippen molar-refractivity contribution in [2.45, 2.75) is 6.92 Å². The van der Waals surface area contributed by atoms with E-state index in [0.717, 1.165) is 4.88 Å². The normalized spacial score (nSPS) is 8.56. The van der Waals surface area contributed by atoms with E-state index in [9.17, 15) is 0 Å². The molecule has 0 amide bonds. The zero-order valence-electron chi connectivity index (χ0n) is 4.92. The molecule has 9 heavy (non-hydrogen) atoms. The third-order valence-corrected chi connectivity index (χ3v) is 1.66. The molecule has 1 aromatic heterocycles. The predicted molar refractivity (Wildman–Crippen MR) is 42.9 cm³/mol. The minimum Gasteiger partial charge on any atom is -0.383 e. The number of halogens is 1.